The number of aromatic nitrogens is 2. The standard InChI is InChI=1S/C21H28N4O2/c1-26-11-12-27-18-6-4-16(5-7-18)14-25-10-8-19-17(15-25)13-23-21(24-19)20-3-2-9-22-20/h4-7,13,20,22H,2-3,8-12,14-15H2,1H3/t20-/m1/s1. The lowest BCUT2D eigenvalue weighted by Gasteiger charge is -2.28. The zero-order valence-electron chi connectivity index (χ0n) is 16.0. The number of fused-ring (bicyclic) bond motifs is 1. The summed E-state index contributed by atoms with van der Waals surface area (Å²) in [6.07, 6.45) is 5.40. The molecule has 4 rings (SSSR count). The first-order valence-electron chi connectivity index (χ1n) is 9.83. The third kappa shape index (κ3) is 4.64. The molecule has 6 nitrogen and oxygen atoms in total. The molecular formula is C21H28N4O2. The van der Waals surface area contributed by atoms with Crippen LogP contribution in [-0.2, 0) is 24.2 Å². The molecular weight excluding hydrogens is 340 g/mol. The molecule has 2 aromatic rings. The van der Waals surface area contributed by atoms with Crippen molar-refractivity contribution < 1.29 is 9.47 Å². The fourth-order valence-electron chi connectivity index (χ4n) is 3.79. The third-order valence-electron chi connectivity index (χ3n) is 5.29. The molecule has 1 atom stereocenters. The normalized spacial score (nSPS) is 19.8. The van der Waals surface area contributed by atoms with E-state index in [4.69, 9.17) is 14.5 Å². The van der Waals surface area contributed by atoms with Gasteiger partial charge in [0.25, 0.3) is 0 Å². The highest BCUT2D eigenvalue weighted by atomic mass is 16.5. The summed E-state index contributed by atoms with van der Waals surface area (Å²) in [7, 11) is 1.68. The van der Waals surface area contributed by atoms with Crippen LogP contribution in [0.2, 0.25) is 0 Å². The van der Waals surface area contributed by atoms with Crippen molar-refractivity contribution in [3.05, 3.63) is 53.1 Å². The minimum atomic E-state index is 0.345. The topological polar surface area (TPSA) is 59.5 Å². The SMILES string of the molecule is COCCOc1ccc(CN2CCc3nc([C@H]4CCCN4)ncc3C2)cc1. The van der Waals surface area contributed by atoms with Crippen molar-refractivity contribution in [1.82, 2.24) is 20.2 Å². The van der Waals surface area contributed by atoms with Gasteiger partial charge in [0, 0.05) is 50.6 Å². The van der Waals surface area contributed by atoms with E-state index in [1.54, 1.807) is 7.11 Å². The molecule has 1 aromatic carbocycles. The summed E-state index contributed by atoms with van der Waals surface area (Å²) < 4.78 is 10.6. The van der Waals surface area contributed by atoms with Crippen LogP contribution in [0.5, 0.6) is 5.75 Å². The van der Waals surface area contributed by atoms with Crippen molar-refractivity contribution >= 4 is 0 Å². The first-order chi connectivity index (χ1) is 13.3. The Bertz CT molecular complexity index is 744. The highest BCUT2D eigenvalue weighted by Gasteiger charge is 2.23. The Kier molecular flexibility index (Phi) is 5.97. The molecule has 2 aliphatic heterocycles. The monoisotopic (exact) mass is 368 g/mol. The van der Waals surface area contributed by atoms with Crippen LogP contribution in [0.3, 0.4) is 0 Å². The maximum Gasteiger partial charge on any atom is 0.145 e. The summed E-state index contributed by atoms with van der Waals surface area (Å²) in [5.41, 5.74) is 3.79. The molecule has 0 amide bonds. The van der Waals surface area contributed by atoms with E-state index < -0.39 is 0 Å². The summed E-state index contributed by atoms with van der Waals surface area (Å²) in [6, 6.07) is 8.70. The zero-order chi connectivity index (χ0) is 18.5. The number of rotatable bonds is 7. The molecule has 2 aliphatic rings. The van der Waals surface area contributed by atoms with Crippen LogP contribution in [0.15, 0.2) is 30.5 Å². The Morgan fingerprint density at radius 3 is 2.89 bits per heavy atom. The second-order valence-electron chi connectivity index (χ2n) is 7.29. The van der Waals surface area contributed by atoms with E-state index in [1.807, 2.05) is 18.3 Å². The molecule has 3 heterocycles. The van der Waals surface area contributed by atoms with Crippen LogP contribution in [0.1, 0.15) is 41.5 Å². The zero-order valence-corrected chi connectivity index (χ0v) is 16.0. The van der Waals surface area contributed by atoms with Crippen molar-refractivity contribution in [2.45, 2.75) is 38.4 Å². The fourth-order valence-corrected chi connectivity index (χ4v) is 3.79. The minimum Gasteiger partial charge on any atom is -0.491 e. The van der Waals surface area contributed by atoms with E-state index in [1.165, 1.54) is 23.2 Å². The van der Waals surface area contributed by atoms with Crippen molar-refractivity contribution in [2.24, 2.45) is 0 Å². The van der Waals surface area contributed by atoms with Gasteiger partial charge in [-0.05, 0) is 37.1 Å². The van der Waals surface area contributed by atoms with Gasteiger partial charge < -0.3 is 14.8 Å². The molecule has 1 N–H and O–H groups in total. The van der Waals surface area contributed by atoms with Gasteiger partial charge >= 0.3 is 0 Å². The molecule has 1 aromatic heterocycles. The highest BCUT2D eigenvalue weighted by Crippen LogP contribution is 2.24. The molecule has 1 saturated heterocycles. The average Bonchev–Trinajstić information content (AvgIpc) is 3.24. The lowest BCUT2D eigenvalue weighted by Crippen LogP contribution is -2.31. The predicted octanol–water partition coefficient (Wildman–Crippen LogP) is 2.48. The van der Waals surface area contributed by atoms with E-state index in [-0.39, 0.29) is 0 Å². The summed E-state index contributed by atoms with van der Waals surface area (Å²) in [5.74, 6) is 1.87. The minimum absolute atomic E-state index is 0.345. The summed E-state index contributed by atoms with van der Waals surface area (Å²) >= 11 is 0. The smallest absolute Gasteiger partial charge is 0.145 e. The number of hydrogen-bond acceptors (Lipinski definition) is 6. The van der Waals surface area contributed by atoms with E-state index in [0.717, 1.165) is 50.6 Å². The van der Waals surface area contributed by atoms with Gasteiger partial charge in [0.2, 0.25) is 0 Å². The van der Waals surface area contributed by atoms with Crippen LogP contribution in [-0.4, -0.2) is 48.3 Å². The molecule has 0 spiro atoms. The summed E-state index contributed by atoms with van der Waals surface area (Å²) in [5, 5.41) is 3.49. The van der Waals surface area contributed by atoms with Gasteiger partial charge in [-0.25, -0.2) is 9.97 Å². The van der Waals surface area contributed by atoms with E-state index in [0.29, 0.717) is 19.3 Å². The largest absolute Gasteiger partial charge is 0.491 e. The predicted molar refractivity (Wildman–Crippen MR) is 104 cm³/mol. The average molecular weight is 368 g/mol. The van der Waals surface area contributed by atoms with Crippen molar-refractivity contribution in [3.8, 4) is 5.75 Å². The maximum absolute atomic E-state index is 5.63. The first-order valence-corrected chi connectivity index (χ1v) is 9.83. The van der Waals surface area contributed by atoms with Crippen LogP contribution < -0.4 is 10.1 Å². The Morgan fingerprint density at radius 2 is 2.11 bits per heavy atom. The van der Waals surface area contributed by atoms with E-state index in [9.17, 15) is 0 Å². The molecule has 144 valence electrons. The number of nitrogens with one attached hydrogen (secondary N) is 1. The lowest BCUT2D eigenvalue weighted by atomic mass is 10.1. The molecule has 0 unspecified atom stereocenters. The van der Waals surface area contributed by atoms with Crippen molar-refractivity contribution in [3.63, 3.8) is 0 Å². The van der Waals surface area contributed by atoms with Crippen LogP contribution >= 0.6 is 0 Å². The van der Waals surface area contributed by atoms with Gasteiger partial charge in [-0.15, -0.1) is 0 Å². The van der Waals surface area contributed by atoms with Gasteiger partial charge in [0.15, 0.2) is 0 Å². The van der Waals surface area contributed by atoms with E-state index in [2.05, 4.69) is 27.3 Å². The highest BCUT2D eigenvalue weighted by molar-refractivity contribution is 5.28. The molecule has 0 saturated carbocycles. The van der Waals surface area contributed by atoms with Crippen LogP contribution in [0, 0.1) is 0 Å². The number of ether oxygens (including phenoxy) is 2. The Hall–Kier alpha value is -2.02. The molecule has 6 heteroatoms. The number of hydrogen-bond donors (Lipinski definition) is 1. The van der Waals surface area contributed by atoms with Crippen LogP contribution in [0.25, 0.3) is 0 Å². The molecule has 0 bridgehead atoms. The van der Waals surface area contributed by atoms with Crippen molar-refractivity contribution in [2.75, 3.05) is 33.4 Å². The van der Waals surface area contributed by atoms with Gasteiger partial charge in [-0.2, -0.15) is 0 Å². The Morgan fingerprint density at radius 1 is 1.22 bits per heavy atom. The Labute approximate surface area is 160 Å². The number of methoxy groups -OCH3 is 1. The van der Waals surface area contributed by atoms with Gasteiger partial charge in [-0.1, -0.05) is 12.1 Å². The van der Waals surface area contributed by atoms with E-state index >= 15 is 0 Å². The number of nitrogens with zero attached hydrogens (tertiary/aromatic N) is 3. The Balaban J connectivity index is 1.34. The van der Waals surface area contributed by atoms with Crippen LogP contribution in [0.4, 0.5) is 0 Å². The second-order valence-corrected chi connectivity index (χ2v) is 7.29. The van der Waals surface area contributed by atoms with Gasteiger partial charge in [0.05, 0.1) is 12.6 Å². The van der Waals surface area contributed by atoms with Gasteiger partial charge in [0.1, 0.15) is 18.2 Å². The third-order valence-corrected chi connectivity index (χ3v) is 5.29. The van der Waals surface area contributed by atoms with Crippen molar-refractivity contribution in [1.29, 1.82) is 0 Å². The molecule has 1 fully saturated rings. The fraction of sp³-hybridized carbons (Fsp3) is 0.524. The summed E-state index contributed by atoms with van der Waals surface area (Å²) in [6.45, 7) is 5.15. The summed E-state index contributed by atoms with van der Waals surface area (Å²) in [4.78, 5) is 12.0. The second kappa shape index (κ2) is 8.78. The number of benzene rings is 1. The first kappa shape index (κ1) is 18.3. The lowest BCUT2D eigenvalue weighted by molar-refractivity contribution is 0.146. The van der Waals surface area contributed by atoms with Gasteiger partial charge in [-0.3, -0.25) is 4.90 Å². The maximum atomic E-state index is 5.63. The molecule has 0 radical (unpaired) electrons. The quantitative estimate of drug-likeness (QED) is 0.758. The molecule has 0 aliphatic carbocycles. The molecule has 27 heavy (non-hydrogen) atoms.